The van der Waals surface area contributed by atoms with Gasteiger partial charge in [-0.3, -0.25) is 4.79 Å². The Morgan fingerprint density at radius 3 is 2.70 bits per heavy atom. The highest BCUT2D eigenvalue weighted by Crippen LogP contribution is 2.16. The van der Waals surface area contributed by atoms with Gasteiger partial charge in [0.1, 0.15) is 5.75 Å². The standard InChI is InChI=1S/C15H22N2O3/c1-17(11-15(19)7-8-16-10-15)14(18)9-12-3-5-13(20-2)6-4-12/h3-6,16,19H,7-11H2,1-2H3. The number of carbonyl (C=O) groups is 1. The number of β-amino-alcohol motifs (C(OH)–C–C–N with tert-alkyl or cyclic N) is 1. The van der Waals surface area contributed by atoms with Crippen molar-refractivity contribution in [3.63, 3.8) is 0 Å². The van der Waals surface area contributed by atoms with Crippen molar-refractivity contribution < 1.29 is 14.6 Å². The van der Waals surface area contributed by atoms with Crippen molar-refractivity contribution in [2.75, 3.05) is 33.8 Å². The molecule has 5 nitrogen and oxygen atoms in total. The molecule has 1 unspecified atom stereocenters. The van der Waals surface area contributed by atoms with E-state index in [-0.39, 0.29) is 5.91 Å². The lowest BCUT2D eigenvalue weighted by Crippen LogP contribution is -2.45. The molecule has 1 heterocycles. The van der Waals surface area contributed by atoms with E-state index in [0.717, 1.165) is 17.9 Å². The lowest BCUT2D eigenvalue weighted by Gasteiger charge is -2.28. The van der Waals surface area contributed by atoms with Crippen molar-refractivity contribution in [3.8, 4) is 5.75 Å². The van der Waals surface area contributed by atoms with Crippen molar-refractivity contribution in [3.05, 3.63) is 29.8 Å². The average Bonchev–Trinajstić information content (AvgIpc) is 2.86. The molecule has 5 heteroatoms. The smallest absolute Gasteiger partial charge is 0.226 e. The molecule has 0 saturated carbocycles. The second kappa shape index (κ2) is 6.24. The van der Waals surface area contributed by atoms with Gasteiger partial charge in [-0.05, 0) is 30.7 Å². The van der Waals surface area contributed by atoms with Gasteiger partial charge < -0.3 is 20.1 Å². The number of nitrogens with zero attached hydrogens (tertiary/aromatic N) is 1. The Labute approximate surface area is 119 Å². The first-order valence-electron chi connectivity index (χ1n) is 6.82. The van der Waals surface area contributed by atoms with E-state index in [4.69, 9.17) is 4.74 Å². The molecule has 1 saturated heterocycles. The van der Waals surface area contributed by atoms with Crippen molar-refractivity contribution in [1.29, 1.82) is 0 Å². The van der Waals surface area contributed by atoms with Crippen LogP contribution in [0, 0.1) is 0 Å². The summed E-state index contributed by atoms with van der Waals surface area (Å²) in [4.78, 5) is 13.8. The minimum Gasteiger partial charge on any atom is -0.497 e. The highest BCUT2D eigenvalue weighted by atomic mass is 16.5. The third-order valence-corrected chi connectivity index (χ3v) is 3.69. The van der Waals surface area contributed by atoms with Crippen LogP contribution in [0.25, 0.3) is 0 Å². The monoisotopic (exact) mass is 278 g/mol. The zero-order chi connectivity index (χ0) is 14.6. The van der Waals surface area contributed by atoms with Gasteiger partial charge in [-0.15, -0.1) is 0 Å². The van der Waals surface area contributed by atoms with Crippen molar-refractivity contribution in [2.24, 2.45) is 0 Å². The SMILES string of the molecule is COc1ccc(CC(=O)N(C)CC2(O)CCNC2)cc1. The largest absolute Gasteiger partial charge is 0.497 e. The molecule has 20 heavy (non-hydrogen) atoms. The lowest BCUT2D eigenvalue weighted by atomic mass is 10.0. The van der Waals surface area contributed by atoms with Gasteiger partial charge in [0.2, 0.25) is 5.91 Å². The maximum absolute atomic E-state index is 12.2. The van der Waals surface area contributed by atoms with Gasteiger partial charge in [0.05, 0.1) is 25.7 Å². The van der Waals surface area contributed by atoms with Gasteiger partial charge in [-0.1, -0.05) is 12.1 Å². The minimum absolute atomic E-state index is 0.00971. The Morgan fingerprint density at radius 1 is 1.45 bits per heavy atom. The first-order chi connectivity index (χ1) is 9.52. The fraction of sp³-hybridized carbons (Fsp3) is 0.533. The summed E-state index contributed by atoms with van der Waals surface area (Å²) >= 11 is 0. The van der Waals surface area contributed by atoms with Crippen molar-refractivity contribution in [1.82, 2.24) is 10.2 Å². The average molecular weight is 278 g/mol. The fourth-order valence-corrected chi connectivity index (χ4v) is 2.45. The summed E-state index contributed by atoms with van der Waals surface area (Å²) in [5.41, 5.74) is 0.156. The molecule has 1 atom stereocenters. The van der Waals surface area contributed by atoms with Crippen molar-refractivity contribution >= 4 is 5.91 Å². The van der Waals surface area contributed by atoms with Crippen LogP contribution in [0.1, 0.15) is 12.0 Å². The summed E-state index contributed by atoms with van der Waals surface area (Å²) in [7, 11) is 3.35. The molecule has 0 aliphatic carbocycles. The third kappa shape index (κ3) is 3.71. The van der Waals surface area contributed by atoms with Crippen LogP contribution < -0.4 is 10.1 Å². The van der Waals surface area contributed by atoms with Gasteiger partial charge >= 0.3 is 0 Å². The first-order valence-corrected chi connectivity index (χ1v) is 6.82. The molecule has 2 rings (SSSR count). The molecule has 0 spiro atoms. The molecule has 0 bridgehead atoms. The maximum atomic E-state index is 12.2. The van der Waals surface area contributed by atoms with E-state index in [2.05, 4.69) is 5.32 Å². The third-order valence-electron chi connectivity index (χ3n) is 3.69. The number of benzene rings is 1. The molecule has 1 fully saturated rings. The van der Waals surface area contributed by atoms with Crippen LogP contribution in [0.2, 0.25) is 0 Å². The number of carbonyl (C=O) groups excluding carboxylic acids is 1. The Balaban J connectivity index is 1.89. The van der Waals surface area contributed by atoms with Crippen LogP contribution >= 0.6 is 0 Å². The summed E-state index contributed by atoms with van der Waals surface area (Å²) < 4.78 is 5.09. The van der Waals surface area contributed by atoms with Crippen LogP contribution in [-0.2, 0) is 11.2 Å². The van der Waals surface area contributed by atoms with Gasteiger partial charge in [0.15, 0.2) is 0 Å². The highest BCUT2D eigenvalue weighted by Gasteiger charge is 2.33. The molecule has 1 aromatic rings. The Kier molecular flexibility index (Phi) is 4.62. The number of hydrogen-bond donors (Lipinski definition) is 2. The quantitative estimate of drug-likeness (QED) is 0.819. The molecule has 1 aliphatic heterocycles. The Morgan fingerprint density at radius 2 is 2.15 bits per heavy atom. The summed E-state index contributed by atoms with van der Waals surface area (Å²) in [5.74, 6) is 0.788. The normalized spacial score (nSPS) is 21.8. The van der Waals surface area contributed by atoms with Crippen LogP contribution in [0.5, 0.6) is 5.75 Å². The molecular weight excluding hydrogens is 256 g/mol. The summed E-state index contributed by atoms with van der Waals surface area (Å²) in [6.45, 7) is 1.72. The predicted molar refractivity (Wildman–Crippen MR) is 76.8 cm³/mol. The van der Waals surface area contributed by atoms with E-state index in [1.54, 1.807) is 19.1 Å². The van der Waals surface area contributed by atoms with E-state index in [1.807, 2.05) is 24.3 Å². The van der Waals surface area contributed by atoms with E-state index in [0.29, 0.717) is 25.9 Å². The number of likely N-dealkylation sites (N-methyl/N-ethyl adjacent to an activating group) is 1. The van der Waals surface area contributed by atoms with E-state index >= 15 is 0 Å². The Hall–Kier alpha value is -1.59. The number of aliphatic hydroxyl groups is 1. The predicted octanol–water partition coefficient (Wildman–Crippen LogP) is 0.420. The van der Waals surface area contributed by atoms with E-state index in [9.17, 15) is 9.90 Å². The molecule has 0 aromatic heterocycles. The second-order valence-electron chi connectivity index (χ2n) is 5.43. The molecule has 1 amide bonds. The van der Waals surface area contributed by atoms with E-state index in [1.165, 1.54) is 0 Å². The second-order valence-corrected chi connectivity index (χ2v) is 5.43. The van der Waals surface area contributed by atoms with Gasteiger partial charge in [-0.25, -0.2) is 0 Å². The van der Waals surface area contributed by atoms with Crippen LogP contribution in [0.3, 0.4) is 0 Å². The number of amides is 1. The first kappa shape index (κ1) is 14.8. The maximum Gasteiger partial charge on any atom is 0.226 e. The summed E-state index contributed by atoms with van der Waals surface area (Å²) in [6.07, 6.45) is 1.02. The van der Waals surface area contributed by atoms with Crippen LogP contribution in [0.15, 0.2) is 24.3 Å². The number of nitrogens with one attached hydrogen (secondary N) is 1. The molecule has 0 radical (unpaired) electrons. The van der Waals surface area contributed by atoms with Crippen LogP contribution in [0.4, 0.5) is 0 Å². The number of ether oxygens (including phenoxy) is 1. The molecule has 2 N–H and O–H groups in total. The Bertz CT molecular complexity index is 453. The molecule has 1 aromatic carbocycles. The summed E-state index contributed by atoms with van der Waals surface area (Å²) in [6, 6.07) is 7.46. The van der Waals surface area contributed by atoms with Gasteiger partial charge in [0.25, 0.3) is 0 Å². The van der Waals surface area contributed by atoms with Gasteiger partial charge in [-0.2, -0.15) is 0 Å². The molecular formula is C15H22N2O3. The zero-order valence-corrected chi connectivity index (χ0v) is 12.1. The topological polar surface area (TPSA) is 61.8 Å². The molecule has 1 aliphatic rings. The van der Waals surface area contributed by atoms with Gasteiger partial charge in [0, 0.05) is 13.6 Å². The lowest BCUT2D eigenvalue weighted by molar-refractivity contribution is -0.132. The summed E-state index contributed by atoms with van der Waals surface area (Å²) in [5, 5.41) is 13.4. The van der Waals surface area contributed by atoms with E-state index < -0.39 is 5.60 Å². The number of methoxy groups -OCH3 is 1. The number of hydrogen-bond acceptors (Lipinski definition) is 4. The number of rotatable bonds is 5. The minimum atomic E-state index is -0.787. The highest BCUT2D eigenvalue weighted by molar-refractivity contribution is 5.78. The fourth-order valence-electron chi connectivity index (χ4n) is 2.45. The zero-order valence-electron chi connectivity index (χ0n) is 12.1. The van der Waals surface area contributed by atoms with Crippen molar-refractivity contribution in [2.45, 2.75) is 18.4 Å². The van der Waals surface area contributed by atoms with Crippen LogP contribution in [-0.4, -0.2) is 55.3 Å². The molecule has 110 valence electrons.